The molecular formula is C14H18N2O2. The number of oxime groups is 1. The van der Waals surface area contributed by atoms with Crippen molar-refractivity contribution < 1.29 is 9.63 Å². The van der Waals surface area contributed by atoms with Crippen LogP contribution in [0.3, 0.4) is 0 Å². The number of amides is 1. The van der Waals surface area contributed by atoms with Crippen LogP contribution in [0.25, 0.3) is 0 Å². The Kier molecular flexibility index (Phi) is 4.34. The second-order valence-electron chi connectivity index (χ2n) is 4.44. The summed E-state index contributed by atoms with van der Waals surface area (Å²) in [4.78, 5) is 16.2. The van der Waals surface area contributed by atoms with Crippen molar-refractivity contribution in [2.24, 2.45) is 5.16 Å². The third-order valence-electron chi connectivity index (χ3n) is 2.80. The fourth-order valence-electron chi connectivity index (χ4n) is 1.53. The molecule has 0 heterocycles. The van der Waals surface area contributed by atoms with Gasteiger partial charge in [-0.1, -0.05) is 36.3 Å². The van der Waals surface area contributed by atoms with E-state index in [1.165, 1.54) is 5.56 Å². The molecule has 18 heavy (non-hydrogen) atoms. The SMILES string of the molecule is CCc1ccc(/C=N\OCC(=O)NC2CC2)cc1. The zero-order valence-electron chi connectivity index (χ0n) is 10.6. The minimum atomic E-state index is -0.101. The van der Waals surface area contributed by atoms with E-state index < -0.39 is 0 Å². The van der Waals surface area contributed by atoms with E-state index in [1.807, 2.05) is 12.1 Å². The lowest BCUT2D eigenvalue weighted by molar-refractivity contribution is -0.125. The van der Waals surface area contributed by atoms with Gasteiger partial charge < -0.3 is 10.2 Å². The van der Waals surface area contributed by atoms with E-state index >= 15 is 0 Å². The van der Waals surface area contributed by atoms with Crippen molar-refractivity contribution in [3.8, 4) is 0 Å². The molecule has 4 nitrogen and oxygen atoms in total. The molecule has 0 spiro atoms. The summed E-state index contributed by atoms with van der Waals surface area (Å²) in [5, 5.41) is 6.61. The van der Waals surface area contributed by atoms with E-state index in [2.05, 4.69) is 29.5 Å². The maximum absolute atomic E-state index is 11.3. The highest BCUT2D eigenvalue weighted by Crippen LogP contribution is 2.18. The minimum Gasteiger partial charge on any atom is -0.386 e. The van der Waals surface area contributed by atoms with E-state index in [9.17, 15) is 4.79 Å². The van der Waals surface area contributed by atoms with Gasteiger partial charge in [0.1, 0.15) is 0 Å². The van der Waals surface area contributed by atoms with Gasteiger partial charge in [0.25, 0.3) is 5.91 Å². The summed E-state index contributed by atoms with van der Waals surface area (Å²) in [6.45, 7) is 2.10. The van der Waals surface area contributed by atoms with Crippen LogP contribution < -0.4 is 5.32 Å². The molecule has 2 rings (SSSR count). The van der Waals surface area contributed by atoms with Crippen LogP contribution in [0.2, 0.25) is 0 Å². The van der Waals surface area contributed by atoms with Gasteiger partial charge in [0.2, 0.25) is 0 Å². The van der Waals surface area contributed by atoms with Gasteiger partial charge in [0.15, 0.2) is 6.61 Å². The van der Waals surface area contributed by atoms with Crippen LogP contribution in [0.15, 0.2) is 29.4 Å². The Hall–Kier alpha value is -1.84. The third-order valence-corrected chi connectivity index (χ3v) is 2.80. The van der Waals surface area contributed by atoms with Crippen molar-refractivity contribution >= 4 is 12.1 Å². The molecule has 0 atom stereocenters. The Morgan fingerprint density at radius 3 is 2.78 bits per heavy atom. The van der Waals surface area contributed by atoms with Crippen LogP contribution in [0.5, 0.6) is 0 Å². The number of nitrogens with one attached hydrogen (secondary N) is 1. The first-order chi connectivity index (χ1) is 8.78. The average Bonchev–Trinajstić information content (AvgIpc) is 3.19. The van der Waals surface area contributed by atoms with Gasteiger partial charge in [-0.05, 0) is 30.4 Å². The van der Waals surface area contributed by atoms with Crippen LogP contribution >= 0.6 is 0 Å². The smallest absolute Gasteiger partial charge is 0.260 e. The molecule has 1 amide bonds. The lowest BCUT2D eigenvalue weighted by Crippen LogP contribution is -2.28. The lowest BCUT2D eigenvalue weighted by atomic mass is 10.1. The number of carbonyl (C=O) groups excluding carboxylic acids is 1. The second-order valence-corrected chi connectivity index (χ2v) is 4.44. The molecule has 96 valence electrons. The molecule has 0 unspecified atom stereocenters. The number of nitrogens with zero attached hydrogens (tertiary/aromatic N) is 1. The first kappa shape index (κ1) is 12.6. The molecule has 1 saturated carbocycles. The summed E-state index contributed by atoms with van der Waals surface area (Å²) >= 11 is 0. The number of hydrogen-bond acceptors (Lipinski definition) is 3. The standard InChI is InChI=1S/C14H18N2O2/c1-2-11-3-5-12(6-4-11)9-15-18-10-14(17)16-13-7-8-13/h3-6,9,13H,2,7-8,10H2,1H3,(H,16,17)/b15-9-. The molecule has 1 N–H and O–H groups in total. The van der Waals surface area contributed by atoms with Gasteiger partial charge in [-0.2, -0.15) is 0 Å². The molecule has 0 bridgehead atoms. The predicted octanol–water partition coefficient (Wildman–Crippen LogP) is 1.88. The van der Waals surface area contributed by atoms with E-state index in [0.29, 0.717) is 6.04 Å². The van der Waals surface area contributed by atoms with Crippen LogP contribution in [0.4, 0.5) is 0 Å². The molecule has 1 aromatic carbocycles. The molecular weight excluding hydrogens is 228 g/mol. The first-order valence-electron chi connectivity index (χ1n) is 6.31. The van der Waals surface area contributed by atoms with Gasteiger partial charge in [-0.3, -0.25) is 4.79 Å². The second kappa shape index (κ2) is 6.19. The van der Waals surface area contributed by atoms with Gasteiger partial charge in [0.05, 0.1) is 6.21 Å². The Morgan fingerprint density at radius 2 is 2.17 bits per heavy atom. The van der Waals surface area contributed by atoms with Gasteiger partial charge >= 0.3 is 0 Å². The summed E-state index contributed by atoms with van der Waals surface area (Å²) in [5.41, 5.74) is 2.26. The number of benzene rings is 1. The van der Waals surface area contributed by atoms with Crippen LogP contribution in [0, 0.1) is 0 Å². The first-order valence-corrected chi connectivity index (χ1v) is 6.31. The summed E-state index contributed by atoms with van der Waals surface area (Å²) in [6.07, 6.45) is 4.80. The summed E-state index contributed by atoms with van der Waals surface area (Å²) < 4.78 is 0. The molecule has 1 aliphatic carbocycles. The average molecular weight is 246 g/mol. The van der Waals surface area contributed by atoms with Crippen molar-refractivity contribution in [3.05, 3.63) is 35.4 Å². The highest BCUT2D eigenvalue weighted by Gasteiger charge is 2.23. The molecule has 1 fully saturated rings. The van der Waals surface area contributed by atoms with Crippen molar-refractivity contribution in [2.75, 3.05) is 6.61 Å². The summed E-state index contributed by atoms with van der Waals surface area (Å²) in [7, 11) is 0. The van der Waals surface area contributed by atoms with E-state index in [-0.39, 0.29) is 12.5 Å². The van der Waals surface area contributed by atoms with E-state index in [0.717, 1.165) is 24.8 Å². The van der Waals surface area contributed by atoms with Gasteiger partial charge in [0, 0.05) is 6.04 Å². The van der Waals surface area contributed by atoms with E-state index in [4.69, 9.17) is 4.84 Å². The molecule has 0 radical (unpaired) electrons. The molecule has 0 aliphatic heterocycles. The fourth-order valence-corrected chi connectivity index (χ4v) is 1.53. The van der Waals surface area contributed by atoms with Gasteiger partial charge in [-0.25, -0.2) is 0 Å². The van der Waals surface area contributed by atoms with Crippen LogP contribution in [-0.4, -0.2) is 24.8 Å². The summed E-state index contributed by atoms with van der Waals surface area (Å²) in [5.74, 6) is -0.101. The Labute approximate surface area is 107 Å². The Morgan fingerprint density at radius 1 is 1.44 bits per heavy atom. The third kappa shape index (κ3) is 4.20. The highest BCUT2D eigenvalue weighted by atomic mass is 16.6. The number of carbonyl (C=O) groups is 1. The molecule has 0 saturated heterocycles. The fraction of sp³-hybridized carbons (Fsp3) is 0.429. The topological polar surface area (TPSA) is 50.7 Å². The largest absolute Gasteiger partial charge is 0.386 e. The maximum atomic E-state index is 11.3. The van der Waals surface area contributed by atoms with Crippen molar-refractivity contribution in [1.82, 2.24) is 5.32 Å². The number of hydrogen-bond donors (Lipinski definition) is 1. The van der Waals surface area contributed by atoms with Crippen LogP contribution in [0.1, 0.15) is 30.9 Å². The quantitative estimate of drug-likeness (QED) is 0.615. The summed E-state index contributed by atoms with van der Waals surface area (Å²) in [6, 6.07) is 8.44. The number of rotatable bonds is 6. The maximum Gasteiger partial charge on any atom is 0.260 e. The zero-order chi connectivity index (χ0) is 12.8. The lowest BCUT2D eigenvalue weighted by Gasteiger charge is -2.01. The molecule has 1 aromatic rings. The number of aryl methyl sites for hydroxylation is 1. The Bertz CT molecular complexity index is 422. The highest BCUT2D eigenvalue weighted by molar-refractivity contribution is 5.80. The molecule has 0 aromatic heterocycles. The van der Waals surface area contributed by atoms with E-state index in [1.54, 1.807) is 6.21 Å². The predicted molar refractivity (Wildman–Crippen MR) is 70.5 cm³/mol. The Balaban J connectivity index is 1.70. The normalized spacial score (nSPS) is 14.7. The van der Waals surface area contributed by atoms with Crippen LogP contribution in [-0.2, 0) is 16.1 Å². The van der Waals surface area contributed by atoms with Crippen molar-refractivity contribution in [2.45, 2.75) is 32.2 Å². The monoisotopic (exact) mass is 246 g/mol. The van der Waals surface area contributed by atoms with Crippen molar-refractivity contribution in [3.63, 3.8) is 0 Å². The molecule has 4 heteroatoms. The van der Waals surface area contributed by atoms with Crippen molar-refractivity contribution in [1.29, 1.82) is 0 Å². The minimum absolute atomic E-state index is 0.0138. The van der Waals surface area contributed by atoms with Gasteiger partial charge in [-0.15, -0.1) is 0 Å². The molecule has 1 aliphatic rings. The zero-order valence-corrected chi connectivity index (χ0v) is 10.6.